The molecule has 1 saturated heterocycles. The van der Waals surface area contributed by atoms with Gasteiger partial charge in [-0.3, -0.25) is 9.69 Å². The number of carbonyl (C=O) groups is 1. The van der Waals surface area contributed by atoms with Crippen LogP contribution in [0.3, 0.4) is 0 Å². The molecule has 0 aromatic heterocycles. The highest BCUT2D eigenvalue weighted by molar-refractivity contribution is 6.32. The van der Waals surface area contributed by atoms with Crippen molar-refractivity contribution in [3.05, 3.63) is 22.7 Å². The van der Waals surface area contributed by atoms with E-state index in [1.54, 1.807) is 19.2 Å². The normalized spacial score (nSPS) is 18.5. The number of nitrogens with zero attached hydrogens (tertiary/aromatic N) is 2. The molecule has 1 fully saturated rings. The van der Waals surface area contributed by atoms with Crippen LogP contribution in [0.15, 0.2) is 12.1 Å². The van der Waals surface area contributed by atoms with E-state index in [-0.39, 0.29) is 19.2 Å². The molecular formula is C16H21ClN2O5. The van der Waals surface area contributed by atoms with Crippen LogP contribution >= 0.6 is 11.6 Å². The second kappa shape index (κ2) is 7.57. The van der Waals surface area contributed by atoms with Crippen LogP contribution in [0.2, 0.25) is 5.02 Å². The zero-order chi connectivity index (χ0) is 17.1. The Labute approximate surface area is 145 Å². The summed E-state index contributed by atoms with van der Waals surface area (Å²) in [5.74, 6) is 0.701. The lowest BCUT2D eigenvalue weighted by Gasteiger charge is -2.30. The fourth-order valence-corrected chi connectivity index (χ4v) is 3.12. The van der Waals surface area contributed by atoms with E-state index in [0.717, 1.165) is 13.1 Å². The van der Waals surface area contributed by atoms with Crippen LogP contribution in [0.1, 0.15) is 10.4 Å². The molecule has 0 spiro atoms. The molecule has 2 aliphatic rings. The monoisotopic (exact) mass is 356 g/mol. The first-order valence-electron chi connectivity index (χ1n) is 7.87. The maximum Gasteiger partial charge on any atom is 0.253 e. The molecule has 2 heterocycles. The zero-order valence-corrected chi connectivity index (χ0v) is 14.3. The average molecular weight is 357 g/mol. The number of rotatable bonds is 5. The van der Waals surface area contributed by atoms with Crippen LogP contribution in [0.4, 0.5) is 0 Å². The first kappa shape index (κ1) is 17.3. The van der Waals surface area contributed by atoms with Gasteiger partial charge in [-0.25, -0.2) is 0 Å². The number of benzene rings is 1. The summed E-state index contributed by atoms with van der Waals surface area (Å²) in [7, 11) is 1.66. The molecule has 3 rings (SSSR count). The summed E-state index contributed by atoms with van der Waals surface area (Å²) in [4.78, 5) is 16.2. The molecule has 0 aliphatic carbocycles. The number of ether oxygens (including phenoxy) is 3. The first-order chi connectivity index (χ1) is 11.5. The largest absolute Gasteiger partial charge is 0.454 e. The third-order valence-corrected chi connectivity index (χ3v) is 4.36. The number of amides is 1. The SMILES string of the molecule is CN(C[C@@H](O)CN1CCOCC1)C(=O)c1cc(Cl)c2c(c1)OCO2. The maximum atomic E-state index is 12.6. The van der Waals surface area contributed by atoms with Crippen LogP contribution in [0.25, 0.3) is 0 Å². The van der Waals surface area contributed by atoms with Crippen molar-refractivity contribution in [3.8, 4) is 11.5 Å². The lowest BCUT2D eigenvalue weighted by Crippen LogP contribution is -2.45. The molecule has 0 unspecified atom stereocenters. The number of halogens is 1. The van der Waals surface area contributed by atoms with Crippen molar-refractivity contribution in [1.82, 2.24) is 9.80 Å². The van der Waals surface area contributed by atoms with E-state index in [1.807, 2.05) is 0 Å². The van der Waals surface area contributed by atoms with Crippen molar-refractivity contribution < 1.29 is 24.1 Å². The highest BCUT2D eigenvalue weighted by atomic mass is 35.5. The average Bonchev–Trinajstić information content (AvgIpc) is 3.04. The summed E-state index contributed by atoms with van der Waals surface area (Å²) < 4.78 is 15.8. The number of β-amino-alcohol motifs (C(OH)–C–C–N with tert-alkyl or cyclic N) is 1. The number of fused-ring (bicyclic) bond motifs is 1. The van der Waals surface area contributed by atoms with Crippen molar-refractivity contribution in [1.29, 1.82) is 0 Å². The Hall–Kier alpha value is -1.54. The van der Waals surface area contributed by atoms with Crippen molar-refractivity contribution in [3.63, 3.8) is 0 Å². The first-order valence-corrected chi connectivity index (χ1v) is 8.25. The van der Waals surface area contributed by atoms with Gasteiger partial charge in [-0.05, 0) is 12.1 Å². The number of aliphatic hydroxyl groups excluding tert-OH is 1. The molecule has 7 nitrogen and oxygen atoms in total. The zero-order valence-electron chi connectivity index (χ0n) is 13.5. The number of hydrogen-bond donors (Lipinski definition) is 1. The Morgan fingerprint density at radius 3 is 2.88 bits per heavy atom. The van der Waals surface area contributed by atoms with Gasteiger partial charge in [-0.15, -0.1) is 0 Å². The summed E-state index contributed by atoms with van der Waals surface area (Å²) in [6.07, 6.45) is -0.624. The summed E-state index contributed by atoms with van der Waals surface area (Å²) in [5.41, 5.74) is 0.408. The lowest BCUT2D eigenvalue weighted by molar-refractivity contribution is 0.00879. The molecular weight excluding hydrogens is 336 g/mol. The molecule has 1 atom stereocenters. The summed E-state index contributed by atoms with van der Waals surface area (Å²) in [6, 6.07) is 3.17. The highest BCUT2D eigenvalue weighted by Crippen LogP contribution is 2.39. The predicted molar refractivity (Wildman–Crippen MR) is 87.8 cm³/mol. The van der Waals surface area contributed by atoms with E-state index in [0.29, 0.717) is 41.8 Å². The number of morpholine rings is 1. The number of hydrogen-bond acceptors (Lipinski definition) is 6. The second-order valence-corrected chi connectivity index (χ2v) is 6.35. The third kappa shape index (κ3) is 3.92. The van der Waals surface area contributed by atoms with E-state index < -0.39 is 6.10 Å². The van der Waals surface area contributed by atoms with Gasteiger partial charge in [0.2, 0.25) is 6.79 Å². The topological polar surface area (TPSA) is 71.5 Å². The predicted octanol–water partition coefficient (Wildman–Crippen LogP) is 0.834. The second-order valence-electron chi connectivity index (χ2n) is 5.94. The Morgan fingerprint density at radius 1 is 1.38 bits per heavy atom. The van der Waals surface area contributed by atoms with Crippen molar-refractivity contribution >= 4 is 17.5 Å². The molecule has 1 aromatic carbocycles. The van der Waals surface area contributed by atoms with Crippen molar-refractivity contribution in [2.24, 2.45) is 0 Å². The minimum Gasteiger partial charge on any atom is -0.454 e. The van der Waals surface area contributed by atoms with E-state index in [4.69, 9.17) is 25.8 Å². The molecule has 1 N–H and O–H groups in total. The molecule has 0 saturated carbocycles. The van der Waals surface area contributed by atoms with E-state index in [1.165, 1.54) is 4.90 Å². The van der Waals surface area contributed by atoms with E-state index in [2.05, 4.69) is 4.90 Å². The molecule has 0 bridgehead atoms. The Bertz CT molecular complexity index is 606. The number of carbonyl (C=O) groups excluding carboxylic acids is 1. The highest BCUT2D eigenvalue weighted by Gasteiger charge is 2.23. The molecule has 1 aromatic rings. The quantitative estimate of drug-likeness (QED) is 0.842. The number of likely N-dealkylation sites (N-methyl/N-ethyl adjacent to an activating group) is 1. The van der Waals surface area contributed by atoms with Crippen LogP contribution in [0.5, 0.6) is 11.5 Å². The van der Waals surface area contributed by atoms with Gasteiger partial charge in [0, 0.05) is 38.8 Å². The van der Waals surface area contributed by atoms with Gasteiger partial charge in [0.1, 0.15) is 0 Å². The van der Waals surface area contributed by atoms with Gasteiger partial charge in [0.05, 0.1) is 24.3 Å². The van der Waals surface area contributed by atoms with Crippen LogP contribution in [0, 0.1) is 0 Å². The standard InChI is InChI=1S/C16H21ClN2O5/c1-18(8-12(20)9-19-2-4-22-5-3-19)16(21)11-6-13(17)15-14(7-11)23-10-24-15/h6-7,12,20H,2-5,8-10H2,1H3/t12-/m1/s1. The lowest BCUT2D eigenvalue weighted by atomic mass is 10.1. The summed E-state index contributed by atoms with van der Waals surface area (Å²) in [6.45, 7) is 3.80. The fraction of sp³-hybridized carbons (Fsp3) is 0.562. The van der Waals surface area contributed by atoms with Gasteiger partial charge >= 0.3 is 0 Å². The van der Waals surface area contributed by atoms with E-state index in [9.17, 15) is 9.90 Å². The minimum atomic E-state index is -0.624. The third-order valence-electron chi connectivity index (χ3n) is 4.08. The van der Waals surface area contributed by atoms with Gasteiger partial charge in [0.25, 0.3) is 5.91 Å². The molecule has 0 radical (unpaired) electrons. The van der Waals surface area contributed by atoms with Gasteiger partial charge < -0.3 is 24.2 Å². The van der Waals surface area contributed by atoms with Gasteiger partial charge in [-0.1, -0.05) is 11.6 Å². The Morgan fingerprint density at radius 2 is 2.12 bits per heavy atom. The maximum absolute atomic E-state index is 12.6. The van der Waals surface area contributed by atoms with Crippen LogP contribution in [-0.2, 0) is 4.74 Å². The fourth-order valence-electron chi connectivity index (χ4n) is 2.85. The van der Waals surface area contributed by atoms with Crippen molar-refractivity contribution in [2.45, 2.75) is 6.10 Å². The van der Waals surface area contributed by atoms with Crippen LogP contribution < -0.4 is 9.47 Å². The van der Waals surface area contributed by atoms with Gasteiger partial charge in [-0.2, -0.15) is 0 Å². The van der Waals surface area contributed by atoms with Gasteiger partial charge in [0.15, 0.2) is 11.5 Å². The van der Waals surface area contributed by atoms with Crippen LogP contribution in [-0.4, -0.2) is 80.2 Å². The van der Waals surface area contributed by atoms with Crippen molar-refractivity contribution in [2.75, 3.05) is 53.2 Å². The minimum absolute atomic E-state index is 0.0980. The molecule has 24 heavy (non-hydrogen) atoms. The van der Waals surface area contributed by atoms with E-state index >= 15 is 0 Å². The summed E-state index contributed by atoms with van der Waals surface area (Å²) >= 11 is 6.11. The molecule has 2 aliphatic heterocycles. The smallest absolute Gasteiger partial charge is 0.253 e. The molecule has 1 amide bonds. The number of aliphatic hydroxyl groups is 1. The molecule has 132 valence electrons. The Kier molecular flexibility index (Phi) is 5.45. The summed E-state index contributed by atoms with van der Waals surface area (Å²) in [5, 5.41) is 10.6. The Balaban J connectivity index is 1.59. The molecule has 8 heteroatoms.